The summed E-state index contributed by atoms with van der Waals surface area (Å²) in [5.41, 5.74) is 4.81. The van der Waals surface area contributed by atoms with Crippen molar-refractivity contribution < 1.29 is 4.74 Å². The van der Waals surface area contributed by atoms with Gasteiger partial charge in [-0.3, -0.25) is 0 Å². The van der Waals surface area contributed by atoms with Crippen molar-refractivity contribution >= 4 is 38.5 Å². The number of nitrogens with one attached hydrogen (secondary N) is 1. The fourth-order valence-electron chi connectivity index (χ4n) is 2.71. The van der Waals surface area contributed by atoms with E-state index in [-0.39, 0.29) is 6.04 Å². The first-order valence-electron chi connectivity index (χ1n) is 6.75. The maximum Gasteiger partial charge on any atom is 0.124 e. The maximum absolute atomic E-state index is 5.46. The van der Waals surface area contributed by atoms with E-state index in [0.717, 1.165) is 21.3 Å². The zero-order valence-electron chi connectivity index (χ0n) is 12.6. The van der Waals surface area contributed by atoms with Crippen LogP contribution in [0.1, 0.15) is 28.3 Å². The molecule has 0 heterocycles. The standard InChI is InChI=1S/C17H19BrINO/c1-10-7-12(8-11(2)17(10)21-4)16(20-3)14-9-13(19)5-6-15(14)18/h5-9,16,20H,1-4H3. The van der Waals surface area contributed by atoms with Gasteiger partial charge in [0.25, 0.3) is 0 Å². The van der Waals surface area contributed by atoms with E-state index in [1.165, 1.54) is 14.7 Å². The van der Waals surface area contributed by atoms with Crippen LogP contribution in [0.25, 0.3) is 0 Å². The molecule has 0 aliphatic rings. The largest absolute Gasteiger partial charge is 0.496 e. The fourth-order valence-corrected chi connectivity index (χ4v) is 3.70. The van der Waals surface area contributed by atoms with E-state index < -0.39 is 0 Å². The molecule has 2 aromatic rings. The second kappa shape index (κ2) is 7.11. The lowest BCUT2D eigenvalue weighted by Crippen LogP contribution is -2.18. The molecule has 1 N–H and O–H groups in total. The minimum absolute atomic E-state index is 0.150. The van der Waals surface area contributed by atoms with Gasteiger partial charge in [0.05, 0.1) is 13.2 Å². The van der Waals surface area contributed by atoms with Gasteiger partial charge in [0.2, 0.25) is 0 Å². The first-order chi connectivity index (χ1) is 9.97. The summed E-state index contributed by atoms with van der Waals surface area (Å²) < 4.78 is 7.81. The Morgan fingerprint density at radius 2 is 1.76 bits per heavy atom. The van der Waals surface area contributed by atoms with Crippen LogP contribution in [0.3, 0.4) is 0 Å². The molecule has 1 unspecified atom stereocenters. The fraction of sp³-hybridized carbons (Fsp3) is 0.294. The average molecular weight is 460 g/mol. The van der Waals surface area contributed by atoms with Crippen molar-refractivity contribution in [1.29, 1.82) is 0 Å². The summed E-state index contributed by atoms with van der Waals surface area (Å²) in [6, 6.07) is 11.0. The third kappa shape index (κ3) is 3.60. The van der Waals surface area contributed by atoms with E-state index >= 15 is 0 Å². The second-order valence-electron chi connectivity index (χ2n) is 5.08. The smallest absolute Gasteiger partial charge is 0.124 e. The molecule has 4 heteroatoms. The summed E-state index contributed by atoms with van der Waals surface area (Å²) in [5.74, 6) is 0.968. The molecular weight excluding hydrogens is 441 g/mol. The van der Waals surface area contributed by atoms with Gasteiger partial charge in [0, 0.05) is 8.04 Å². The second-order valence-corrected chi connectivity index (χ2v) is 7.18. The molecule has 0 bridgehead atoms. The Bertz CT molecular complexity index is 634. The number of hydrogen-bond donors (Lipinski definition) is 1. The Labute approximate surface area is 148 Å². The van der Waals surface area contributed by atoms with Crippen LogP contribution < -0.4 is 10.1 Å². The Morgan fingerprint density at radius 1 is 1.14 bits per heavy atom. The van der Waals surface area contributed by atoms with E-state index in [0.29, 0.717) is 0 Å². The van der Waals surface area contributed by atoms with E-state index in [9.17, 15) is 0 Å². The van der Waals surface area contributed by atoms with Crippen molar-refractivity contribution in [2.75, 3.05) is 14.2 Å². The van der Waals surface area contributed by atoms with E-state index in [4.69, 9.17) is 4.74 Å². The predicted octanol–water partition coefficient (Wildman–Crippen LogP) is 4.99. The highest BCUT2D eigenvalue weighted by Gasteiger charge is 2.17. The molecule has 0 amide bonds. The van der Waals surface area contributed by atoms with Crippen molar-refractivity contribution in [3.8, 4) is 5.75 Å². The highest BCUT2D eigenvalue weighted by Crippen LogP contribution is 2.33. The predicted molar refractivity (Wildman–Crippen MR) is 100 cm³/mol. The Kier molecular flexibility index (Phi) is 5.68. The van der Waals surface area contributed by atoms with Gasteiger partial charge < -0.3 is 10.1 Å². The molecule has 0 fully saturated rings. The average Bonchev–Trinajstić information content (AvgIpc) is 2.43. The highest BCUT2D eigenvalue weighted by atomic mass is 127. The van der Waals surface area contributed by atoms with Crippen LogP contribution >= 0.6 is 38.5 Å². The molecule has 0 saturated heterocycles. The zero-order valence-corrected chi connectivity index (χ0v) is 16.4. The lowest BCUT2D eigenvalue weighted by atomic mass is 9.95. The SMILES string of the molecule is CNC(c1cc(C)c(OC)c(C)c1)c1cc(I)ccc1Br. The minimum atomic E-state index is 0.150. The van der Waals surface area contributed by atoms with Gasteiger partial charge in [-0.2, -0.15) is 0 Å². The monoisotopic (exact) mass is 459 g/mol. The van der Waals surface area contributed by atoms with E-state index in [1.807, 2.05) is 7.05 Å². The lowest BCUT2D eigenvalue weighted by molar-refractivity contribution is 0.408. The summed E-state index contributed by atoms with van der Waals surface area (Å²) in [6.45, 7) is 4.18. The molecule has 2 rings (SSSR count). The Balaban J connectivity index is 2.54. The third-order valence-corrected chi connectivity index (χ3v) is 4.97. The molecule has 2 nitrogen and oxygen atoms in total. The number of hydrogen-bond acceptors (Lipinski definition) is 2. The first-order valence-corrected chi connectivity index (χ1v) is 8.62. The molecule has 1 atom stereocenters. The molecule has 0 radical (unpaired) electrons. The summed E-state index contributed by atoms with van der Waals surface area (Å²) in [7, 11) is 3.71. The summed E-state index contributed by atoms with van der Waals surface area (Å²) >= 11 is 6.01. The van der Waals surface area contributed by atoms with E-state index in [2.05, 4.69) is 88.0 Å². The summed E-state index contributed by atoms with van der Waals surface area (Å²) in [5, 5.41) is 3.42. The van der Waals surface area contributed by atoms with Crippen molar-refractivity contribution in [1.82, 2.24) is 5.32 Å². The number of ether oxygens (including phenoxy) is 1. The highest BCUT2D eigenvalue weighted by molar-refractivity contribution is 14.1. The molecule has 0 aliphatic heterocycles. The van der Waals surface area contributed by atoms with Gasteiger partial charge >= 0.3 is 0 Å². The van der Waals surface area contributed by atoms with Gasteiger partial charge in [0.1, 0.15) is 5.75 Å². The summed E-state index contributed by atoms with van der Waals surface area (Å²) in [6.07, 6.45) is 0. The minimum Gasteiger partial charge on any atom is -0.496 e. The van der Waals surface area contributed by atoms with Crippen LogP contribution in [-0.4, -0.2) is 14.2 Å². The van der Waals surface area contributed by atoms with Crippen LogP contribution in [0.15, 0.2) is 34.8 Å². The van der Waals surface area contributed by atoms with Crippen LogP contribution in [0.2, 0.25) is 0 Å². The number of methoxy groups -OCH3 is 1. The quantitative estimate of drug-likeness (QED) is 0.650. The van der Waals surface area contributed by atoms with Crippen molar-refractivity contribution in [2.45, 2.75) is 19.9 Å². The van der Waals surface area contributed by atoms with Gasteiger partial charge in [-0.15, -0.1) is 0 Å². The first kappa shape index (κ1) is 16.8. The molecule has 0 saturated carbocycles. The Hall–Kier alpha value is -0.590. The van der Waals surface area contributed by atoms with Crippen molar-refractivity contribution in [3.63, 3.8) is 0 Å². The molecule has 21 heavy (non-hydrogen) atoms. The third-order valence-electron chi connectivity index (χ3n) is 3.58. The number of halogens is 2. The van der Waals surface area contributed by atoms with Crippen LogP contribution in [0.5, 0.6) is 5.75 Å². The molecule has 0 aliphatic carbocycles. The van der Waals surface area contributed by atoms with E-state index in [1.54, 1.807) is 7.11 Å². The normalized spacial score (nSPS) is 12.3. The van der Waals surface area contributed by atoms with Gasteiger partial charge in [-0.25, -0.2) is 0 Å². The van der Waals surface area contributed by atoms with Crippen molar-refractivity contribution in [3.05, 3.63) is 60.6 Å². The molecule has 0 spiro atoms. The molecule has 112 valence electrons. The number of aryl methyl sites for hydroxylation is 2. The lowest BCUT2D eigenvalue weighted by Gasteiger charge is -2.21. The molecule has 0 aromatic heterocycles. The van der Waals surface area contributed by atoms with Crippen molar-refractivity contribution in [2.24, 2.45) is 0 Å². The number of benzene rings is 2. The van der Waals surface area contributed by atoms with Crippen LogP contribution in [0.4, 0.5) is 0 Å². The van der Waals surface area contributed by atoms with Gasteiger partial charge in [-0.1, -0.05) is 28.1 Å². The zero-order chi connectivity index (χ0) is 15.6. The number of rotatable bonds is 4. The Morgan fingerprint density at radius 3 is 2.29 bits per heavy atom. The van der Waals surface area contributed by atoms with Crippen LogP contribution in [0, 0.1) is 17.4 Å². The topological polar surface area (TPSA) is 21.3 Å². The summed E-state index contributed by atoms with van der Waals surface area (Å²) in [4.78, 5) is 0. The van der Waals surface area contributed by atoms with Gasteiger partial charge in [0.15, 0.2) is 0 Å². The molecule has 2 aromatic carbocycles. The van der Waals surface area contributed by atoms with Gasteiger partial charge in [-0.05, 0) is 83.9 Å². The molecular formula is C17H19BrINO. The maximum atomic E-state index is 5.46. The van der Waals surface area contributed by atoms with Crippen LogP contribution in [-0.2, 0) is 0 Å².